The molecule has 0 saturated heterocycles. The van der Waals surface area contributed by atoms with Crippen molar-refractivity contribution in [1.82, 2.24) is 5.32 Å². The predicted molar refractivity (Wildman–Crippen MR) is 112 cm³/mol. The maximum absolute atomic E-state index is 12.8. The zero-order valence-corrected chi connectivity index (χ0v) is 17.8. The number of hydrogen-bond acceptors (Lipinski definition) is 5. The average Bonchev–Trinajstić information content (AvgIpc) is 2.65. The fourth-order valence-corrected chi connectivity index (χ4v) is 4.31. The van der Waals surface area contributed by atoms with Crippen molar-refractivity contribution in [3.8, 4) is 11.5 Å². The van der Waals surface area contributed by atoms with E-state index in [0.717, 1.165) is 16.1 Å². The summed E-state index contributed by atoms with van der Waals surface area (Å²) >= 11 is 0. The molecule has 1 heterocycles. The Kier molecular flexibility index (Phi) is 5.75. The molecule has 1 amide bonds. The highest BCUT2D eigenvalue weighted by Gasteiger charge is 2.35. The van der Waals surface area contributed by atoms with Crippen molar-refractivity contribution in [3.05, 3.63) is 54.1 Å². The molecule has 8 heteroatoms. The number of carbonyl (C=O) groups excluding carboxylic acids is 1. The van der Waals surface area contributed by atoms with Gasteiger partial charge in [0.15, 0.2) is 0 Å². The van der Waals surface area contributed by atoms with Crippen molar-refractivity contribution in [2.45, 2.75) is 31.9 Å². The molecule has 3 rings (SSSR count). The van der Waals surface area contributed by atoms with Gasteiger partial charge in [-0.05, 0) is 44.2 Å². The molecule has 0 aliphatic carbocycles. The van der Waals surface area contributed by atoms with Crippen LogP contribution in [0.4, 0.5) is 5.69 Å². The number of amides is 1. The number of sulfonamides is 1. The van der Waals surface area contributed by atoms with Gasteiger partial charge in [0.1, 0.15) is 23.6 Å². The third kappa shape index (κ3) is 5.00. The van der Waals surface area contributed by atoms with Gasteiger partial charge in [-0.15, -0.1) is 0 Å². The third-order valence-corrected chi connectivity index (χ3v) is 5.88. The van der Waals surface area contributed by atoms with E-state index in [-0.39, 0.29) is 12.6 Å². The first-order valence-electron chi connectivity index (χ1n) is 9.28. The first-order valence-corrected chi connectivity index (χ1v) is 11.1. The van der Waals surface area contributed by atoms with Crippen LogP contribution in [0.3, 0.4) is 0 Å². The van der Waals surface area contributed by atoms with Crippen molar-refractivity contribution < 1.29 is 22.7 Å². The number of benzene rings is 2. The molecule has 1 aliphatic heterocycles. The van der Waals surface area contributed by atoms with E-state index in [1.54, 1.807) is 43.5 Å². The summed E-state index contributed by atoms with van der Waals surface area (Å²) in [4.78, 5) is 12.8. The summed E-state index contributed by atoms with van der Waals surface area (Å²) < 4.78 is 36.9. The first-order chi connectivity index (χ1) is 13.6. The van der Waals surface area contributed by atoms with Crippen LogP contribution < -0.4 is 19.1 Å². The van der Waals surface area contributed by atoms with Gasteiger partial charge in [0.25, 0.3) is 0 Å². The number of hydrogen-bond donors (Lipinski definition) is 1. The van der Waals surface area contributed by atoms with Gasteiger partial charge in [0, 0.05) is 12.0 Å². The highest BCUT2D eigenvalue weighted by Crippen LogP contribution is 2.41. The summed E-state index contributed by atoms with van der Waals surface area (Å²) in [7, 11) is -2.04. The number of anilines is 1. The second kappa shape index (κ2) is 7.94. The normalized spacial score (nSPS) is 17.6. The smallest absolute Gasteiger partial charge is 0.241 e. The van der Waals surface area contributed by atoms with Crippen LogP contribution in [-0.4, -0.2) is 39.8 Å². The van der Waals surface area contributed by atoms with E-state index in [1.165, 1.54) is 0 Å². The molecule has 2 aromatic rings. The van der Waals surface area contributed by atoms with Crippen LogP contribution >= 0.6 is 0 Å². The zero-order valence-electron chi connectivity index (χ0n) is 17.0. The minimum Gasteiger partial charge on any atom is -0.497 e. The quantitative estimate of drug-likeness (QED) is 0.780. The lowest BCUT2D eigenvalue weighted by atomic mass is 9.89. The highest BCUT2D eigenvalue weighted by molar-refractivity contribution is 7.92. The average molecular weight is 419 g/mol. The second-order valence-corrected chi connectivity index (χ2v) is 9.60. The molecular formula is C21H26N2O5S. The molecule has 0 radical (unpaired) electrons. The molecule has 1 N–H and O–H groups in total. The van der Waals surface area contributed by atoms with Crippen molar-refractivity contribution in [2.75, 3.05) is 24.2 Å². The van der Waals surface area contributed by atoms with Crippen LogP contribution in [-0.2, 0) is 14.8 Å². The number of fused-ring (bicyclic) bond motifs is 1. The Hall–Kier alpha value is -2.74. The van der Waals surface area contributed by atoms with E-state index in [2.05, 4.69) is 5.32 Å². The molecule has 0 bridgehead atoms. The zero-order chi connectivity index (χ0) is 21.2. The molecule has 7 nitrogen and oxygen atoms in total. The largest absolute Gasteiger partial charge is 0.497 e. The van der Waals surface area contributed by atoms with Crippen molar-refractivity contribution in [3.63, 3.8) is 0 Å². The molecule has 29 heavy (non-hydrogen) atoms. The van der Waals surface area contributed by atoms with Crippen LogP contribution in [0.1, 0.15) is 31.9 Å². The maximum Gasteiger partial charge on any atom is 0.241 e. The van der Waals surface area contributed by atoms with Gasteiger partial charge in [0.05, 0.1) is 25.1 Å². The summed E-state index contributed by atoms with van der Waals surface area (Å²) in [6, 6.07) is 13.7. The monoisotopic (exact) mass is 418 g/mol. The number of rotatable bonds is 6. The van der Waals surface area contributed by atoms with Gasteiger partial charge in [-0.3, -0.25) is 9.10 Å². The number of nitrogens with zero attached hydrogens (tertiary/aromatic N) is 1. The molecule has 156 valence electrons. The van der Waals surface area contributed by atoms with Gasteiger partial charge < -0.3 is 14.8 Å². The van der Waals surface area contributed by atoms with Gasteiger partial charge in [-0.2, -0.15) is 0 Å². The molecule has 1 aliphatic rings. The molecule has 0 fully saturated rings. The standard InChI is InChI=1S/C21H26N2O5S/c1-21(2)13-18(17-12-16(27-3)10-11-19(17)28-21)22-20(24)14-23(29(4,25)26)15-8-6-5-7-9-15/h5-12,18H,13-14H2,1-4H3,(H,22,24)/t18-/m0/s1. The van der Waals surface area contributed by atoms with E-state index in [9.17, 15) is 13.2 Å². The maximum atomic E-state index is 12.8. The fraction of sp³-hybridized carbons (Fsp3) is 0.381. The third-order valence-electron chi connectivity index (χ3n) is 4.74. The first kappa shape index (κ1) is 21.0. The summed E-state index contributed by atoms with van der Waals surface area (Å²) in [6.07, 6.45) is 1.63. The SMILES string of the molecule is COc1ccc2c(c1)[C@@H](NC(=O)CN(c1ccccc1)S(C)(=O)=O)CC(C)(C)O2. The van der Waals surface area contributed by atoms with Gasteiger partial charge in [0.2, 0.25) is 15.9 Å². The lowest BCUT2D eigenvalue weighted by Gasteiger charge is -2.38. The Bertz CT molecular complexity index is 989. The number of ether oxygens (including phenoxy) is 2. The van der Waals surface area contributed by atoms with E-state index in [4.69, 9.17) is 9.47 Å². The van der Waals surface area contributed by atoms with Crippen molar-refractivity contribution >= 4 is 21.6 Å². The van der Waals surface area contributed by atoms with E-state index < -0.39 is 21.5 Å². The predicted octanol–water partition coefficient (Wildman–Crippen LogP) is 2.88. The summed E-state index contributed by atoms with van der Waals surface area (Å²) in [5.74, 6) is 0.944. The highest BCUT2D eigenvalue weighted by atomic mass is 32.2. The lowest BCUT2D eigenvalue weighted by Crippen LogP contribution is -2.45. The molecular weight excluding hydrogens is 392 g/mol. The number of carbonyl (C=O) groups is 1. The molecule has 0 unspecified atom stereocenters. The van der Waals surface area contributed by atoms with Crippen LogP contribution in [0, 0.1) is 0 Å². The van der Waals surface area contributed by atoms with E-state index in [1.807, 2.05) is 26.0 Å². The molecule has 2 aromatic carbocycles. The van der Waals surface area contributed by atoms with Crippen LogP contribution in [0.25, 0.3) is 0 Å². The van der Waals surface area contributed by atoms with Crippen LogP contribution in [0.5, 0.6) is 11.5 Å². The van der Waals surface area contributed by atoms with E-state index in [0.29, 0.717) is 23.6 Å². The molecule has 0 spiro atoms. The van der Waals surface area contributed by atoms with Gasteiger partial charge in [-0.25, -0.2) is 8.42 Å². The minimum absolute atomic E-state index is 0.306. The topological polar surface area (TPSA) is 84.9 Å². The number of para-hydroxylation sites is 1. The van der Waals surface area contributed by atoms with Gasteiger partial charge in [-0.1, -0.05) is 18.2 Å². The Morgan fingerprint density at radius 3 is 2.55 bits per heavy atom. The Morgan fingerprint density at radius 1 is 1.24 bits per heavy atom. The molecule has 0 saturated carbocycles. The lowest BCUT2D eigenvalue weighted by molar-refractivity contribution is -0.120. The Labute approximate surface area is 171 Å². The number of nitrogens with one attached hydrogen (secondary N) is 1. The summed E-state index contributed by atoms with van der Waals surface area (Å²) in [6.45, 7) is 3.60. The van der Waals surface area contributed by atoms with E-state index >= 15 is 0 Å². The summed E-state index contributed by atoms with van der Waals surface area (Å²) in [5.41, 5.74) is 0.775. The van der Waals surface area contributed by atoms with Crippen LogP contribution in [0.15, 0.2) is 48.5 Å². The van der Waals surface area contributed by atoms with Crippen molar-refractivity contribution in [1.29, 1.82) is 0 Å². The number of methoxy groups -OCH3 is 1. The van der Waals surface area contributed by atoms with Crippen molar-refractivity contribution in [2.24, 2.45) is 0 Å². The Balaban J connectivity index is 1.84. The Morgan fingerprint density at radius 2 is 1.93 bits per heavy atom. The second-order valence-electron chi connectivity index (χ2n) is 7.69. The fourth-order valence-electron chi connectivity index (χ4n) is 3.45. The molecule has 0 aromatic heterocycles. The van der Waals surface area contributed by atoms with Gasteiger partial charge >= 0.3 is 0 Å². The summed E-state index contributed by atoms with van der Waals surface area (Å²) in [5, 5.41) is 2.97. The van der Waals surface area contributed by atoms with Crippen LogP contribution in [0.2, 0.25) is 0 Å². The molecule has 1 atom stereocenters. The minimum atomic E-state index is -3.62.